The van der Waals surface area contributed by atoms with Gasteiger partial charge in [-0.1, -0.05) is 0 Å². The van der Waals surface area contributed by atoms with Gasteiger partial charge in [0.1, 0.15) is 5.82 Å². The fourth-order valence-electron chi connectivity index (χ4n) is 5.24. The third-order valence-electron chi connectivity index (χ3n) is 7.85. The van der Waals surface area contributed by atoms with Crippen LogP contribution in [0.4, 0.5) is 30.5 Å². The van der Waals surface area contributed by atoms with E-state index in [-0.39, 0.29) is 29.0 Å². The van der Waals surface area contributed by atoms with Gasteiger partial charge in [-0.2, -0.15) is 0 Å². The second-order valence-corrected chi connectivity index (χ2v) is 10.9. The molecule has 3 aromatic rings. The number of anilines is 3. The molecular formula is C29H34F3N7O3. The number of alkyl halides is 2. The van der Waals surface area contributed by atoms with Crippen molar-refractivity contribution in [2.24, 2.45) is 7.05 Å². The number of hydrogen-bond donors (Lipinski definition) is 1. The van der Waals surface area contributed by atoms with Crippen LogP contribution in [0.3, 0.4) is 0 Å². The van der Waals surface area contributed by atoms with E-state index in [0.29, 0.717) is 56.5 Å². The molecule has 5 rings (SSSR count). The first-order valence-electron chi connectivity index (χ1n) is 13.8. The Morgan fingerprint density at radius 2 is 1.79 bits per heavy atom. The van der Waals surface area contributed by atoms with Crippen LogP contribution in [0.15, 0.2) is 41.6 Å². The fourth-order valence-corrected chi connectivity index (χ4v) is 5.24. The molecule has 2 aliphatic rings. The summed E-state index contributed by atoms with van der Waals surface area (Å²) >= 11 is 0. The number of likely N-dealkylation sites (N-methyl/N-ethyl adjacent to an activating group) is 1. The molecule has 0 spiro atoms. The van der Waals surface area contributed by atoms with Crippen LogP contribution in [0.5, 0.6) is 0 Å². The second-order valence-electron chi connectivity index (χ2n) is 10.9. The number of aromatic nitrogens is 3. The summed E-state index contributed by atoms with van der Waals surface area (Å²) in [4.78, 5) is 40.4. The molecule has 4 heterocycles. The summed E-state index contributed by atoms with van der Waals surface area (Å²) in [6.07, 6.45) is 1.12. The molecule has 0 unspecified atom stereocenters. The maximum absolute atomic E-state index is 15.7. The number of nitrogens with one attached hydrogen (secondary N) is 1. The van der Waals surface area contributed by atoms with Crippen molar-refractivity contribution in [1.29, 1.82) is 0 Å². The Morgan fingerprint density at radius 3 is 2.45 bits per heavy atom. The molecule has 2 fully saturated rings. The average molecular weight is 586 g/mol. The number of amides is 1. The lowest BCUT2D eigenvalue weighted by Gasteiger charge is -2.39. The van der Waals surface area contributed by atoms with Gasteiger partial charge in [-0.15, -0.1) is 0 Å². The molecule has 0 radical (unpaired) electrons. The van der Waals surface area contributed by atoms with Crippen LogP contribution in [0.2, 0.25) is 0 Å². The van der Waals surface area contributed by atoms with Crippen molar-refractivity contribution >= 4 is 23.2 Å². The minimum Gasteiger partial charge on any atom is -0.375 e. The quantitative estimate of drug-likeness (QED) is 0.470. The number of nitrogens with zero attached hydrogens (tertiary/aromatic N) is 6. The number of halogens is 3. The molecule has 0 saturated carbocycles. The Balaban J connectivity index is 1.53. The minimum atomic E-state index is -3.04. The lowest BCUT2D eigenvalue weighted by Crippen LogP contribution is -2.50. The van der Waals surface area contributed by atoms with Crippen LogP contribution in [0.25, 0.3) is 11.1 Å². The summed E-state index contributed by atoms with van der Waals surface area (Å²) in [7, 11) is 3.38. The number of carbonyl (C=O) groups is 1. The SMILES string of the molecule is C[C@@H]1CN(c2ncc(-c3cc(NC(=O)c4cn(C)c(=O)cc4C(F)F)c(N4CCN(C)[C@H](C)C4)cc3F)cn2)CCO1. The molecule has 10 nitrogen and oxygen atoms in total. The van der Waals surface area contributed by atoms with Crippen LogP contribution in [0, 0.1) is 5.82 Å². The van der Waals surface area contributed by atoms with E-state index >= 15 is 4.39 Å². The third-order valence-corrected chi connectivity index (χ3v) is 7.85. The van der Waals surface area contributed by atoms with Crippen molar-refractivity contribution in [2.75, 3.05) is 61.5 Å². The molecule has 2 saturated heterocycles. The predicted molar refractivity (Wildman–Crippen MR) is 154 cm³/mol. The highest BCUT2D eigenvalue weighted by atomic mass is 19.3. The lowest BCUT2D eigenvalue weighted by molar-refractivity contribution is 0.0526. The number of aryl methyl sites for hydroxylation is 1. The van der Waals surface area contributed by atoms with Gasteiger partial charge in [0, 0.05) is 87.2 Å². The Hall–Kier alpha value is -3.97. The van der Waals surface area contributed by atoms with Crippen molar-refractivity contribution in [2.45, 2.75) is 32.4 Å². The van der Waals surface area contributed by atoms with Crippen LogP contribution >= 0.6 is 0 Å². The van der Waals surface area contributed by atoms with Crippen molar-refractivity contribution in [3.05, 3.63) is 64.1 Å². The molecule has 1 aromatic carbocycles. The van der Waals surface area contributed by atoms with Gasteiger partial charge in [-0.3, -0.25) is 9.59 Å². The topological polar surface area (TPSA) is 95.8 Å². The van der Waals surface area contributed by atoms with E-state index in [0.717, 1.165) is 16.8 Å². The Bertz CT molecular complexity index is 1520. The van der Waals surface area contributed by atoms with Crippen LogP contribution in [0.1, 0.15) is 36.2 Å². The van der Waals surface area contributed by atoms with E-state index in [1.54, 1.807) is 0 Å². The fraction of sp³-hybridized carbons (Fsp3) is 0.448. The molecule has 1 N–H and O–H groups in total. The maximum Gasteiger partial charge on any atom is 0.264 e. The minimum absolute atomic E-state index is 0.0353. The monoisotopic (exact) mass is 585 g/mol. The summed E-state index contributed by atoms with van der Waals surface area (Å²) in [6, 6.07) is 3.73. The van der Waals surface area contributed by atoms with Gasteiger partial charge in [0.2, 0.25) is 5.95 Å². The lowest BCUT2D eigenvalue weighted by atomic mass is 10.0. The summed E-state index contributed by atoms with van der Waals surface area (Å²) in [6.45, 7) is 7.68. The predicted octanol–water partition coefficient (Wildman–Crippen LogP) is 3.54. The van der Waals surface area contributed by atoms with Crippen LogP contribution in [-0.2, 0) is 11.8 Å². The Morgan fingerprint density at radius 1 is 1.05 bits per heavy atom. The molecule has 13 heteroatoms. The highest BCUT2D eigenvalue weighted by molar-refractivity contribution is 6.07. The van der Waals surface area contributed by atoms with Gasteiger partial charge in [-0.25, -0.2) is 23.1 Å². The summed E-state index contributed by atoms with van der Waals surface area (Å²) in [5, 5.41) is 2.72. The number of benzene rings is 1. The summed E-state index contributed by atoms with van der Waals surface area (Å²) in [5.74, 6) is -0.878. The first kappa shape index (κ1) is 29.5. The number of rotatable bonds is 6. The van der Waals surface area contributed by atoms with E-state index in [1.807, 2.05) is 30.7 Å². The van der Waals surface area contributed by atoms with E-state index in [2.05, 4.69) is 20.2 Å². The third kappa shape index (κ3) is 6.12. The molecule has 0 bridgehead atoms. The summed E-state index contributed by atoms with van der Waals surface area (Å²) in [5.41, 5.74) is -0.472. The number of hydrogen-bond acceptors (Lipinski definition) is 8. The van der Waals surface area contributed by atoms with Crippen LogP contribution < -0.4 is 20.7 Å². The van der Waals surface area contributed by atoms with Crippen molar-refractivity contribution < 1.29 is 22.7 Å². The highest BCUT2D eigenvalue weighted by Crippen LogP contribution is 2.36. The van der Waals surface area contributed by atoms with E-state index in [9.17, 15) is 18.4 Å². The van der Waals surface area contributed by atoms with Crippen molar-refractivity contribution in [1.82, 2.24) is 19.4 Å². The first-order valence-corrected chi connectivity index (χ1v) is 13.8. The zero-order valence-electron chi connectivity index (χ0n) is 24.0. The Kier molecular flexibility index (Phi) is 8.50. The number of pyridine rings is 1. The average Bonchev–Trinajstić information content (AvgIpc) is 2.96. The normalized spacial score (nSPS) is 19.8. The van der Waals surface area contributed by atoms with E-state index in [4.69, 9.17) is 4.74 Å². The smallest absolute Gasteiger partial charge is 0.264 e. The van der Waals surface area contributed by atoms with Gasteiger partial charge in [0.15, 0.2) is 0 Å². The number of carbonyl (C=O) groups excluding carboxylic acids is 1. The van der Waals surface area contributed by atoms with Crippen LogP contribution in [-0.4, -0.2) is 83.9 Å². The highest BCUT2D eigenvalue weighted by Gasteiger charge is 2.27. The molecule has 224 valence electrons. The Labute approximate surface area is 241 Å². The molecular weight excluding hydrogens is 551 g/mol. The van der Waals surface area contributed by atoms with Gasteiger partial charge in [-0.05, 0) is 33.0 Å². The van der Waals surface area contributed by atoms with Crippen molar-refractivity contribution in [3.8, 4) is 11.1 Å². The largest absolute Gasteiger partial charge is 0.375 e. The van der Waals surface area contributed by atoms with Gasteiger partial charge in [0.05, 0.1) is 29.6 Å². The molecule has 1 amide bonds. The van der Waals surface area contributed by atoms with Gasteiger partial charge in [0.25, 0.3) is 17.9 Å². The zero-order valence-corrected chi connectivity index (χ0v) is 24.0. The molecule has 0 aliphatic carbocycles. The molecule has 42 heavy (non-hydrogen) atoms. The second kappa shape index (κ2) is 12.1. The summed E-state index contributed by atoms with van der Waals surface area (Å²) < 4.78 is 49.9. The molecule has 2 atom stereocenters. The first-order chi connectivity index (χ1) is 20.0. The maximum atomic E-state index is 15.7. The van der Waals surface area contributed by atoms with Crippen molar-refractivity contribution in [3.63, 3.8) is 0 Å². The van der Waals surface area contributed by atoms with Gasteiger partial charge < -0.3 is 29.3 Å². The van der Waals surface area contributed by atoms with Gasteiger partial charge >= 0.3 is 0 Å². The number of ether oxygens (including phenoxy) is 1. The van der Waals surface area contributed by atoms with E-state index in [1.165, 1.54) is 31.6 Å². The standard InChI is InChI=1S/C29H34F3N7O3/c1-17-14-38(6-5-36(17)3)25-11-23(30)20(19-12-33-29(34-13-19)39-7-8-42-18(2)15-39)9-24(25)35-28(41)22-16-37(4)26(40)10-21(22)27(31)32/h9-13,16-18,27H,5-8,14-15H2,1-4H3,(H,35,41)/t17-,18-/m1/s1. The molecule has 2 aliphatic heterocycles. The zero-order chi connectivity index (χ0) is 30.1. The number of morpholine rings is 1. The number of piperazine rings is 1. The van der Waals surface area contributed by atoms with E-state index < -0.39 is 29.3 Å². The molecule has 2 aromatic heterocycles.